The minimum absolute atomic E-state index is 0.0437. The molecule has 1 saturated carbocycles. The van der Waals surface area contributed by atoms with Crippen molar-refractivity contribution in [3.05, 3.63) is 54.9 Å². The Morgan fingerprint density at radius 1 is 0.850 bits per heavy atom. The molecule has 0 radical (unpaired) electrons. The third-order valence-electron chi connectivity index (χ3n) is 14.0. The van der Waals surface area contributed by atoms with Crippen LogP contribution in [0.4, 0.5) is 15.9 Å². The number of nitrogens with one attached hydrogen (secondary N) is 2. The molecule has 2 aromatic carbocycles. The first-order valence-electron chi connectivity index (χ1n) is 21.9. The molecule has 14 nitrogen and oxygen atoms in total. The summed E-state index contributed by atoms with van der Waals surface area (Å²) in [5.41, 5.74) is 4.46. The maximum absolute atomic E-state index is 15.6. The number of amides is 2. The van der Waals surface area contributed by atoms with Crippen LogP contribution in [0.1, 0.15) is 78.2 Å². The van der Waals surface area contributed by atoms with Crippen LogP contribution in [0.15, 0.2) is 49.1 Å². The first kappa shape index (κ1) is 39.0. The van der Waals surface area contributed by atoms with E-state index in [1.165, 1.54) is 6.07 Å². The van der Waals surface area contributed by atoms with Crippen molar-refractivity contribution >= 4 is 45.3 Å². The van der Waals surface area contributed by atoms with Crippen molar-refractivity contribution in [1.82, 2.24) is 44.8 Å². The van der Waals surface area contributed by atoms with E-state index in [-0.39, 0.29) is 35.2 Å². The molecule has 5 fully saturated rings. The number of piperazine rings is 1. The molecule has 2 amide bonds. The molecule has 1 atom stereocenters. The van der Waals surface area contributed by atoms with Crippen LogP contribution in [0.5, 0.6) is 5.75 Å². The number of rotatable bonds is 10. The number of anilines is 2. The molecule has 7 heterocycles. The van der Waals surface area contributed by atoms with E-state index in [4.69, 9.17) is 9.72 Å². The summed E-state index contributed by atoms with van der Waals surface area (Å²) in [6, 6.07) is 11.0. The highest BCUT2D eigenvalue weighted by Gasteiger charge is 2.40. The molecule has 1 aliphatic carbocycles. The summed E-state index contributed by atoms with van der Waals surface area (Å²) in [6.07, 6.45) is 10.4. The quantitative estimate of drug-likeness (QED) is 0.162. The Morgan fingerprint density at radius 3 is 2.37 bits per heavy atom. The second-order valence-electron chi connectivity index (χ2n) is 18.9. The van der Waals surface area contributed by atoms with Crippen molar-refractivity contribution in [2.75, 3.05) is 68.7 Å². The molecule has 316 valence electrons. The Bertz CT molecular complexity index is 2410. The van der Waals surface area contributed by atoms with Gasteiger partial charge in [-0.05, 0) is 102 Å². The van der Waals surface area contributed by atoms with Gasteiger partial charge in [0, 0.05) is 88.4 Å². The molecule has 2 N–H and O–H groups in total. The minimum Gasteiger partial charge on any atom is -0.488 e. The van der Waals surface area contributed by atoms with Gasteiger partial charge in [0.05, 0.1) is 34.3 Å². The molecule has 4 aliphatic heterocycles. The third kappa shape index (κ3) is 7.81. The number of hydrogen-bond acceptors (Lipinski definition) is 11. The van der Waals surface area contributed by atoms with Gasteiger partial charge in [0.15, 0.2) is 0 Å². The van der Waals surface area contributed by atoms with Crippen molar-refractivity contribution < 1.29 is 18.7 Å². The molecule has 4 saturated heterocycles. The van der Waals surface area contributed by atoms with Crippen molar-refractivity contribution in [3.8, 4) is 17.1 Å². The zero-order chi connectivity index (χ0) is 41.2. The van der Waals surface area contributed by atoms with E-state index in [0.29, 0.717) is 35.0 Å². The molecule has 10 rings (SSSR count). The highest BCUT2D eigenvalue weighted by atomic mass is 19.1. The van der Waals surface area contributed by atoms with Gasteiger partial charge in [-0.3, -0.25) is 29.8 Å². The van der Waals surface area contributed by atoms with Gasteiger partial charge in [0.2, 0.25) is 11.8 Å². The Balaban J connectivity index is 0.698. The van der Waals surface area contributed by atoms with Gasteiger partial charge in [-0.25, -0.2) is 19.3 Å². The average molecular weight is 818 g/mol. The van der Waals surface area contributed by atoms with E-state index < -0.39 is 6.04 Å². The first-order valence-corrected chi connectivity index (χ1v) is 21.9. The Morgan fingerprint density at radius 2 is 1.62 bits per heavy atom. The predicted octanol–water partition coefficient (Wildman–Crippen LogP) is 5.95. The minimum atomic E-state index is -0.564. The van der Waals surface area contributed by atoms with Gasteiger partial charge in [-0.15, -0.1) is 0 Å². The van der Waals surface area contributed by atoms with Crippen LogP contribution in [-0.4, -0.2) is 121 Å². The van der Waals surface area contributed by atoms with Gasteiger partial charge >= 0.3 is 0 Å². The maximum Gasteiger partial charge on any atom is 0.249 e. The fourth-order valence-corrected chi connectivity index (χ4v) is 10.1. The number of piperidine rings is 3. The Kier molecular flexibility index (Phi) is 10.0. The highest BCUT2D eigenvalue weighted by Crippen LogP contribution is 2.41. The standard InChI is InChI=1S/C45H56FN11O3/c1-44(2)26-53(24-29-8-14-54(15-9-29)38-22-35-39(21-33(38)46)57(28-49-35)37-6-7-41(58)50-43(37)59)18-19-56(44)25-30-10-16-55(17-11-30)40-23-36(47-27-48-40)42-32-20-31(60-45(3)12-13-45)4-5-34(32)51-52-42/h4-5,20-23,27-30,37H,6-19,24-26H2,1-3H3,(H,51,52)(H,50,58,59). The predicted molar refractivity (Wildman–Crippen MR) is 228 cm³/mol. The number of ether oxygens (including phenoxy) is 1. The van der Waals surface area contributed by atoms with E-state index in [0.717, 1.165) is 131 Å². The number of imidazole rings is 1. The molecule has 1 unspecified atom stereocenters. The largest absolute Gasteiger partial charge is 0.488 e. The monoisotopic (exact) mass is 817 g/mol. The second-order valence-corrected chi connectivity index (χ2v) is 18.9. The molecular formula is C45H56FN11O3. The molecule has 3 aromatic heterocycles. The number of carbonyl (C=O) groups is 2. The van der Waals surface area contributed by atoms with Crippen molar-refractivity contribution in [2.45, 2.75) is 89.3 Å². The zero-order valence-corrected chi connectivity index (χ0v) is 35.0. The molecule has 5 aliphatic rings. The van der Waals surface area contributed by atoms with Crippen LogP contribution < -0.4 is 19.9 Å². The van der Waals surface area contributed by atoms with E-state index in [9.17, 15) is 9.59 Å². The smallest absolute Gasteiger partial charge is 0.249 e. The van der Waals surface area contributed by atoms with Gasteiger partial charge in [0.1, 0.15) is 41.0 Å². The van der Waals surface area contributed by atoms with Crippen molar-refractivity contribution in [2.24, 2.45) is 11.8 Å². The number of benzene rings is 2. The van der Waals surface area contributed by atoms with E-state index >= 15 is 4.39 Å². The lowest BCUT2D eigenvalue weighted by Gasteiger charge is -2.50. The number of carbonyl (C=O) groups excluding carboxylic acids is 2. The molecule has 0 bridgehead atoms. The second kappa shape index (κ2) is 15.4. The molecular weight excluding hydrogens is 762 g/mol. The number of aromatic nitrogens is 6. The molecule has 0 spiro atoms. The van der Waals surface area contributed by atoms with Crippen LogP contribution in [0.2, 0.25) is 0 Å². The SMILES string of the molecule is CC1(Oc2ccc3[nH]nc(-c4cc(N5CCC(CN6CCN(CC7CCN(c8cc9ncn(C%10CCC(=O)NC%10=O)c9cc8F)CC7)CC6(C)C)CC5)ncn4)c3c2)CC1. The number of imide groups is 1. The molecule has 60 heavy (non-hydrogen) atoms. The van der Waals surface area contributed by atoms with Gasteiger partial charge in [-0.2, -0.15) is 5.10 Å². The van der Waals surface area contributed by atoms with Crippen molar-refractivity contribution in [1.29, 1.82) is 0 Å². The molecule has 5 aromatic rings. The van der Waals surface area contributed by atoms with Crippen LogP contribution in [0.25, 0.3) is 33.3 Å². The number of aromatic amines is 1. The Hall–Kier alpha value is -5.15. The third-order valence-corrected chi connectivity index (χ3v) is 14.0. The summed E-state index contributed by atoms with van der Waals surface area (Å²) < 4.78 is 23.6. The van der Waals surface area contributed by atoms with Crippen LogP contribution in [0, 0.1) is 17.7 Å². The van der Waals surface area contributed by atoms with Crippen LogP contribution in [0.3, 0.4) is 0 Å². The van der Waals surface area contributed by atoms with Crippen molar-refractivity contribution in [3.63, 3.8) is 0 Å². The Labute approximate surface area is 349 Å². The average Bonchev–Trinajstić information content (AvgIpc) is 3.60. The highest BCUT2D eigenvalue weighted by molar-refractivity contribution is 6.00. The summed E-state index contributed by atoms with van der Waals surface area (Å²) in [6.45, 7) is 15.9. The summed E-state index contributed by atoms with van der Waals surface area (Å²) in [5.74, 6) is 2.10. The van der Waals surface area contributed by atoms with Gasteiger partial charge in [-0.1, -0.05) is 0 Å². The van der Waals surface area contributed by atoms with Crippen LogP contribution in [-0.2, 0) is 9.59 Å². The van der Waals surface area contributed by atoms with E-state index in [1.807, 2.05) is 18.2 Å². The summed E-state index contributed by atoms with van der Waals surface area (Å²) in [5, 5.41) is 11.2. The van der Waals surface area contributed by atoms with Gasteiger partial charge < -0.3 is 19.1 Å². The summed E-state index contributed by atoms with van der Waals surface area (Å²) in [4.78, 5) is 47.9. The number of fused-ring (bicyclic) bond motifs is 2. The summed E-state index contributed by atoms with van der Waals surface area (Å²) in [7, 11) is 0. The number of nitrogens with zero attached hydrogens (tertiary/aromatic N) is 9. The fraction of sp³-hybridized carbons (Fsp3) is 0.556. The fourth-order valence-electron chi connectivity index (χ4n) is 10.1. The summed E-state index contributed by atoms with van der Waals surface area (Å²) >= 11 is 0. The lowest BCUT2D eigenvalue weighted by molar-refractivity contribution is -0.135. The van der Waals surface area contributed by atoms with Crippen LogP contribution >= 0.6 is 0 Å². The van der Waals surface area contributed by atoms with Gasteiger partial charge in [0.25, 0.3) is 0 Å². The van der Waals surface area contributed by atoms with E-state index in [1.54, 1.807) is 17.2 Å². The first-order chi connectivity index (χ1) is 29.0. The molecule has 15 heteroatoms. The number of halogens is 1. The lowest BCUT2D eigenvalue weighted by Crippen LogP contribution is -2.61. The normalized spacial score (nSPS) is 23.1. The van der Waals surface area contributed by atoms with E-state index in [2.05, 4.69) is 78.0 Å². The number of hydrogen-bond donors (Lipinski definition) is 2. The maximum atomic E-state index is 15.6. The lowest BCUT2D eigenvalue weighted by atomic mass is 9.90. The topological polar surface area (TPSA) is 141 Å². The number of H-pyrrole nitrogens is 1. The zero-order valence-electron chi connectivity index (χ0n) is 35.0.